The molecule has 0 bridgehead atoms. The second-order valence-electron chi connectivity index (χ2n) is 5.39. The van der Waals surface area contributed by atoms with Gasteiger partial charge in [0.1, 0.15) is 0 Å². The molecule has 0 saturated carbocycles. The molecule has 9 heteroatoms. The van der Waals surface area contributed by atoms with Crippen molar-refractivity contribution >= 4 is 23.3 Å². The van der Waals surface area contributed by atoms with Crippen LogP contribution in [0, 0.1) is 10.1 Å². The van der Waals surface area contributed by atoms with Gasteiger partial charge in [0.15, 0.2) is 0 Å². The molecule has 1 saturated heterocycles. The van der Waals surface area contributed by atoms with Gasteiger partial charge < -0.3 is 20.3 Å². The molecule has 0 aliphatic carbocycles. The van der Waals surface area contributed by atoms with E-state index >= 15 is 0 Å². The first-order valence-electron chi connectivity index (χ1n) is 6.69. The summed E-state index contributed by atoms with van der Waals surface area (Å²) < 4.78 is 5.65. The van der Waals surface area contributed by atoms with Crippen molar-refractivity contribution < 1.29 is 9.66 Å². The van der Waals surface area contributed by atoms with E-state index in [4.69, 9.17) is 10.5 Å². The third-order valence-electron chi connectivity index (χ3n) is 3.18. The lowest BCUT2D eigenvalue weighted by Crippen LogP contribution is -2.46. The molecule has 2 atom stereocenters. The summed E-state index contributed by atoms with van der Waals surface area (Å²) in [6.07, 6.45) is -0.0697. The van der Waals surface area contributed by atoms with Gasteiger partial charge in [-0.1, -0.05) is 0 Å². The van der Waals surface area contributed by atoms with E-state index in [0.29, 0.717) is 19.0 Å². The van der Waals surface area contributed by atoms with Crippen LogP contribution in [-0.4, -0.2) is 54.3 Å². The maximum absolute atomic E-state index is 11.3. The maximum Gasteiger partial charge on any atom is 0.353 e. The van der Waals surface area contributed by atoms with Gasteiger partial charge in [-0.25, -0.2) is 0 Å². The average Bonchev–Trinajstić information content (AvgIpc) is 2.35. The smallest absolute Gasteiger partial charge is 0.353 e. The van der Waals surface area contributed by atoms with Crippen LogP contribution in [0.3, 0.4) is 0 Å². The van der Waals surface area contributed by atoms with Gasteiger partial charge in [-0.2, -0.15) is 9.97 Å². The zero-order valence-electron chi connectivity index (χ0n) is 12.6. The molecule has 0 amide bonds. The highest BCUT2D eigenvalue weighted by Crippen LogP contribution is 2.33. The molecule has 2 rings (SSSR count). The molecule has 0 unspecified atom stereocenters. The highest BCUT2D eigenvalue weighted by atomic mass is 16.6. The summed E-state index contributed by atoms with van der Waals surface area (Å²) in [7, 11) is 3.52. The zero-order valence-corrected chi connectivity index (χ0v) is 12.6. The Labute approximate surface area is 122 Å². The largest absolute Gasteiger partial charge is 0.378 e. The van der Waals surface area contributed by atoms with Gasteiger partial charge in [0.25, 0.3) is 0 Å². The fourth-order valence-corrected chi connectivity index (χ4v) is 2.39. The number of nitro groups is 1. The molecule has 9 nitrogen and oxygen atoms in total. The summed E-state index contributed by atoms with van der Waals surface area (Å²) in [5, 5.41) is 11.3. The molecule has 116 valence electrons. The third-order valence-corrected chi connectivity index (χ3v) is 3.18. The van der Waals surface area contributed by atoms with Crippen molar-refractivity contribution in [2.24, 2.45) is 0 Å². The molecule has 1 aromatic heterocycles. The first kappa shape index (κ1) is 15.2. The lowest BCUT2D eigenvalue weighted by Gasteiger charge is -2.35. The van der Waals surface area contributed by atoms with Crippen molar-refractivity contribution in [2.45, 2.75) is 26.1 Å². The Morgan fingerprint density at radius 2 is 1.90 bits per heavy atom. The molecular formula is C12H20N6O3. The summed E-state index contributed by atoms with van der Waals surface area (Å²) in [5.74, 6) is 0.471. The topological polar surface area (TPSA) is 111 Å². The van der Waals surface area contributed by atoms with Gasteiger partial charge in [-0.15, -0.1) is 0 Å². The SMILES string of the molecule is C[C@H]1CN(c2nc(N(C)C)nc(N)c2[N+](=O)[O-])C[C@H](C)O1. The van der Waals surface area contributed by atoms with Gasteiger partial charge in [0.2, 0.25) is 17.6 Å². The molecule has 21 heavy (non-hydrogen) atoms. The Hall–Kier alpha value is -2.16. The van der Waals surface area contributed by atoms with Crippen molar-refractivity contribution in [3.05, 3.63) is 10.1 Å². The summed E-state index contributed by atoms with van der Waals surface area (Å²) in [6, 6.07) is 0. The normalized spacial score (nSPS) is 22.2. The van der Waals surface area contributed by atoms with Gasteiger partial charge in [0, 0.05) is 27.2 Å². The van der Waals surface area contributed by atoms with Gasteiger partial charge >= 0.3 is 5.69 Å². The highest BCUT2D eigenvalue weighted by molar-refractivity contribution is 5.71. The van der Waals surface area contributed by atoms with Crippen LogP contribution < -0.4 is 15.5 Å². The first-order chi connectivity index (χ1) is 9.79. The van der Waals surface area contributed by atoms with Crippen molar-refractivity contribution in [1.82, 2.24) is 9.97 Å². The van der Waals surface area contributed by atoms with Crippen LogP contribution in [-0.2, 0) is 4.74 Å². The lowest BCUT2D eigenvalue weighted by molar-refractivity contribution is -0.383. The zero-order chi connectivity index (χ0) is 15.7. The van der Waals surface area contributed by atoms with Crippen LogP contribution in [0.15, 0.2) is 0 Å². The highest BCUT2D eigenvalue weighted by Gasteiger charge is 2.32. The molecule has 0 radical (unpaired) electrons. The van der Waals surface area contributed by atoms with Gasteiger partial charge in [0.05, 0.1) is 17.1 Å². The van der Waals surface area contributed by atoms with Crippen molar-refractivity contribution in [2.75, 3.05) is 42.7 Å². The van der Waals surface area contributed by atoms with E-state index in [1.807, 2.05) is 18.7 Å². The van der Waals surface area contributed by atoms with E-state index in [2.05, 4.69) is 9.97 Å². The minimum Gasteiger partial charge on any atom is -0.378 e. The number of hydrogen-bond donors (Lipinski definition) is 1. The minimum absolute atomic E-state index is 0.0349. The Balaban J connectivity index is 2.51. The van der Waals surface area contributed by atoms with E-state index in [1.54, 1.807) is 19.0 Å². The number of aromatic nitrogens is 2. The summed E-state index contributed by atoms with van der Waals surface area (Å²) >= 11 is 0. The average molecular weight is 296 g/mol. The number of nitrogens with two attached hydrogens (primary N) is 1. The Bertz CT molecular complexity index is 540. The monoisotopic (exact) mass is 296 g/mol. The summed E-state index contributed by atoms with van der Waals surface area (Å²) in [5.41, 5.74) is 5.51. The molecule has 0 spiro atoms. The van der Waals surface area contributed by atoms with Crippen molar-refractivity contribution in [1.29, 1.82) is 0 Å². The van der Waals surface area contributed by atoms with Crippen LogP contribution in [0.2, 0.25) is 0 Å². The molecular weight excluding hydrogens is 276 g/mol. The van der Waals surface area contributed by atoms with Crippen LogP contribution in [0.25, 0.3) is 0 Å². The Morgan fingerprint density at radius 1 is 1.33 bits per heavy atom. The summed E-state index contributed by atoms with van der Waals surface area (Å²) in [6.45, 7) is 4.89. The molecule has 1 aromatic rings. The van der Waals surface area contributed by atoms with Crippen LogP contribution in [0.5, 0.6) is 0 Å². The molecule has 1 aliphatic rings. The van der Waals surface area contributed by atoms with Gasteiger partial charge in [-0.05, 0) is 13.8 Å². The van der Waals surface area contributed by atoms with Crippen molar-refractivity contribution in [3.8, 4) is 0 Å². The lowest BCUT2D eigenvalue weighted by atomic mass is 10.2. The fraction of sp³-hybridized carbons (Fsp3) is 0.667. The van der Waals surface area contributed by atoms with Crippen LogP contribution in [0.4, 0.5) is 23.3 Å². The van der Waals surface area contributed by atoms with E-state index < -0.39 is 4.92 Å². The Kier molecular flexibility index (Phi) is 4.12. The number of hydrogen-bond acceptors (Lipinski definition) is 8. The number of anilines is 3. The predicted molar refractivity (Wildman–Crippen MR) is 79.6 cm³/mol. The maximum atomic E-state index is 11.3. The quantitative estimate of drug-likeness (QED) is 0.639. The molecule has 2 heterocycles. The number of ether oxygens (including phenoxy) is 1. The molecule has 0 aromatic carbocycles. The van der Waals surface area contributed by atoms with E-state index in [9.17, 15) is 10.1 Å². The second kappa shape index (κ2) is 5.68. The molecule has 2 N–H and O–H groups in total. The fourth-order valence-electron chi connectivity index (χ4n) is 2.39. The number of rotatable bonds is 3. The first-order valence-corrected chi connectivity index (χ1v) is 6.69. The number of nitrogen functional groups attached to an aromatic ring is 1. The van der Waals surface area contributed by atoms with Crippen LogP contribution >= 0.6 is 0 Å². The Morgan fingerprint density at radius 3 is 2.38 bits per heavy atom. The third kappa shape index (κ3) is 3.13. The van der Waals surface area contributed by atoms with Crippen LogP contribution in [0.1, 0.15) is 13.8 Å². The van der Waals surface area contributed by atoms with Crippen molar-refractivity contribution in [3.63, 3.8) is 0 Å². The second-order valence-corrected chi connectivity index (χ2v) is 5.39. The van der Waals surface area contributed by atoms with E-state index in [-0.39, 0.29) is 29.5 Å². The predicted octanol–water partition coefficient (Wildman–Crippen LogP) is 0.647. The standard InChI is InChI=1S/C12H20N6O3/c1-7-5-17(6-8(2)21-7)11-9(18(19)20)10(13)14-12(15-11)16(3)4/h7-8H,5-6H2,1-4H3,(H2,13,14,15)/t7-,8-/m0/s1. The summed E-state index contributed by atoms with van der Waals surface area (Å²) in [4.78, 5) is 22.6. The molecule has 1 fully saturated rings. The van der Waals surface area contributed by atoms with E-state index in [0.717, 1.165) is 0 Å². The molecule has 1 aliphatic heterocycles. The minimum atomic E-state index is -0.533. The van der Waals surface area contributed by atoms with Gasteiger partial charge in [-0.3, -0.25) is 10.1 Å². The number of nitrogens with zero attached hydrogens (tertiary/aromatic N) is 5. The number of morpholine rings is 1. The van der Waals surface area contributed by atoms with E-state index in [1.165, 1.54) is 0 Å².